The number of nitrogens with zero attached hydrogens (tertiary/aromatic N) is 1. The lowest BCUT2D eigenvalue weighted by molar-refractivity contribution is -0.121. The molecule has 0 aliphatic carbocycles. The van der Waals surface area contributed by atoms with Crippen molar-refractivity contribution in [3.05, 3.63) is 83.9 Å². The summed E-state index contributed by atoms with van der Waals surface area (Å²) in [5, 5.41) is 3.12. The van der Waals surface area contributed by atoms with Crippen LogP contribution in [-0.2, 0) is 14.8 Å². The van der Waals surface area contributed by atoms with E-state index in [0.717, 1.165) is 34.0 Å². The number of hydrogen-bond acceptors (Lipinski definition) is 5. The highest BCUT2D eigenvalue weighted by Crippen LogP contribution is 2.42. The molecule has 1 amide bonds. The van der Waals surface area contributed by atoms with Gasteiger partial charge in [0.2, 0.25) is 5.91 Å². The van der Waals surface area contributed by atoms with Crippen LogP contribution in [0.3, 0.4) is 0 Å². The minimum Gasteiger partial charge on any atom is -0.492 e. The van der Waals surface area contributed by atoms with Gasteiger partial charge in [-0.2, -0.15) is 0 Å². The molecule has 7 nitrogen and oxygen atoms in total. The molecule has 0 saturated carbocycles. The predicted molar refractivity (Wildman–Crippen MR) is 149 cm³/mol. The molecule has 0 spiro atoms. The van der Waals surface area contributed by atoms with E-state index in [1.54, 1.807) is 48.5 Å². The van der Waals surface area contributed by atoms with Gasteiger partial charge < -0.3 is 14.8 Å². The first kappa shape index (κ1) is 27.5. The molecule has 1 aliphatic rings. The molecule has 3 aromatic carbocycles. The molecule has 8 heteroatoms. The van der Waals surface area contributed by atoms with E-state index in [2.05, 4.69) is 19.2 Å². The van der Waals surface area contributed by atoms with E-state index in [9.17, 15) is 13.2 Å². The maximum atomic E-state index is 13.9. The van der Waals surface area contributed by atoms with Crippen molar-refractivity contribution < 1.29 is 22.7 Å². The van der Waals surface area contributed by atoms with Crippen LogP contribution in [0.1, 0.15) is 57.2 Å². The fourth-order valence-corrected chi connectivity index (χ4v) is 6.31. The van der Waals surface area contributed by atoms with Crippen LogP contribution in [0.4, 0.5) is 5.69 Å². The number of sulfonamides is 1. The Hall–Kier alpha value is -3.52. The van der Waals surface area contributed by atoms with Gasteiger partial charge in [-0.3, -0.25) is 9.10 Å². The van der Waals surface area contributed by atoms with Crippen LogP contribution < -0.4 is 19.1 Å². The molecule has 3 aromatic rings. The van der Waals surface area contributed by atoms with Crippen molar-refractivity contribution >= 4 is 21.6 Å². The summed E-state index contributed by atoms with van der Waals surface area (Å²) in [6.45, 7) is 7.85. The Morgan fingerprint density at radius 1 is 1.00 bits per heavy atom. The van der Waals surface area contributed by atoms with E-state index in [1.165, 1.54) is 0 Å². The van der Waals surface area contributed by atoms with E-state index in [1.807, 2.05) is 38.1 Å². The van der Waals surface area contributed by atoms with Gasteiger partial charge in [-0.15, -0.1) is 0 Å². The minimum atomic E-state index is -4.07. The van der Waals surface area contributed by atoms with Gasteiger partial charge in [0, 0.05) is 12.0 Å². The van der Waals surface area contributed by atoms with Gasteiger partial charge in [0.05, 0.1) is 23.2 Å². The second-order valence-electron chi connectivity index (χ2n) is 9.58. The Morgan fingerprint density at radius 3 is 2.34 bits per heavy atom. The van der Waals surface area contributed by atoms with E-state index in [-0.39, 0.29) is 10.9 Å². The summed E-state index contributed by atoms with van der Waals surface area (Å²) in [7, 11) is -4.07. The van der Waals surface area contributed by atoms with Crippen molar-refractivity contribution in [2.75, 3.05) is 17.5 Å². The summed E-state index contributed by atoms with van der Waals surface area (Å²) in [4.78, 5) is 13.7. The first-order valence-electron chi connectivity index (χ1n) is 13.1. The second kappa shape index (κ2) is 11.5. The summed E-state index contributed by atoms with van der Waals surface area (Å²) < 4.78 is 41.0. The smallest absolute Gasteiger partial charge is 0.264 e. The highest BCUT2D eigenvalue weighted by molar-refractivity contribution is 7.92. The number of benzene rings is 3. The quantitative estimate of drug-likeness (QED) is 0.355. The first-order valence-corrected chi connectivity index (χ1v) is 14.6. The van der Waals surface area contributed by atoms with Crippen LogP contribution in [0, 0.1) is 6.92 Å². The third-order valence-corrected chi connectivity index (χ3v) is 8.92. The van der Waals surface area contributed by atoms with E-state index in [0.29, 0.717) is 24.5 Å². The zero-order chi connectivity index (χ0) is 27.3. The number of carbonyl (C=O) groups is 1. The molecule has 0 fully saturated rings. The SMILES string of the molecule is CCOc1ccccc1N(CC(=O)N[C@H]1CC(CC)(CC)Oc2ccccc21)S(=O)(=O)c1ccc(C)cc1. The Balaban J connectivity index is 1.69. The Bertz CT molecular complexity index is 1370. The molecule has 1 N–H and O–H groups in total. The van der Waals surface area contributed by atoms with E-state index < -0.39 is 28.1 Å². The van der Waals surface area contributed by atoms with Crippen molar-refractivity contribution in [2.24, 2.45) is 0 Å². The number of anilines is 1. The molecule has 0 radical (unpaired) electrons. The Morgan fingerprint density at radius 2 is 1.66 bits per heavy atom. The van der Waals surface area contributed by atoms with Crippen molar-refractivity contribution in [1.82, 2.24) is 5.32 Å². The third-order valence-electron chi connectivity index (χ3n) is 7.15. The average molecular weight is 537 g/mol. The second-order valence-corrected chi connectivity index (χ2v) is 11.4. The first-order chi connectivity index (χ1) is 18.2. The number of amides is 1. The molecule has 0 unspecified atom stereocenters. The highest BCUT2D eigenvalue weighted by Gasteiger charge is 2.39. The minimum absolute atomic E-state index is 0.106. The number of aryl methyl sites for hydroxylation is 1. The monoisotopic (exact) mass is 536 g/mol. The van der Waals surface area contributed by atoms with Crippen molar-refractivity contribution in [2.45, 2.75) is 63.5 Å². The average Bonchev–Trinajstić information content (AvgIpc) is 2.92. The summed E-state index contributed by atoms with van der Waals surface area (Å²) >= 11 is 0. The summed E-state index contributed by atoms with van der Waals surface area (Å²) in [6, 6.07) is 20.9. The van der Waals surface area contributed by atoms with Crippen LogP contribution >= 0.6 is 0 Å². The number of nitrogens with one attached hydrogen (secondary N) is 1. The van der Waals surface area contributed by atoms with E-state index in [4.69, 9.17) is 9.47 Å². The van der Waals surface area contributed by atoms with Crippen molar-refractivity contribution in [1.29, 1.82) is 0 Å². The number of para-hydroxylation sites is 3. The third kappa shape index (κ3) is 5.65. The van der Waals surface area contributed by atoms with Gasteiger partial charge in [0.15, 0.2) is 0 Å². The Labute approximate surface area is 225 Å². The lowest BCUT2D eigenvalue weighted by Crippen LogP contribution is -2.47. The maximum absolute atomic E-state index is 13.9. The summed E-state index contributed by atoms with van der Waals surface area (Å²) in [6.07, 6.45) is 2.18. The molecule has 1 atom stereocenters. The molecular weight excluding hydrogens is 500 g/mol. The van der Waals surface area contributed by atoms with Crippen LogP contribution in [0.25, 0.3) is 0 Å². The molecule has 0 bridgehead atoms. The standard InChI is InChI=1S/C30H36N2O5S/c1-5-30(6-2)20-25(24-12-8-10-14-27(24)37-30)31-29(33)21-32(26-13-9-11-15-28(26)36-7-3)38(34,35)23-18-16-22(4)17-19-23/h8-19,25H,5-7,20-21H2,1-4H3,(H,31,33)/t25-/m0/s1. The number of carbonyl (C=O) groups excluding carboxylic acids is 1. The zero-order valence-corrected chi connectivity index (χ0v) is 23.3. The Kier molecular flexibility index (Phi) is 8.31. The summed E-state index contributed by atoms with van der Waals surface area (Å²) in [5.41, 5.74) is 1.74. The van der Waals surface area contributed by atoms with Crippen LogP contribution in [0.5, 0.6) is 11.5 Å². The summed E-state index contributed by atoms with van der Waals surface area (Å²) in [5.74, 6) is 0.735. The van der Waals surface area contributed by atoms with Gasteiger partial charge >= 0.3 is 0 Å². The molecule has 0 aromatic heterocycles. The molecule has 38 heavy (non-hydrogen) atoms. The molecule has 202 valence electrons. The molecule has 4 rings (SSSR count). The number of hydrogen-bond donors (Lipinski definition) is 1. The fourth-order valence-electron chi connectivity index (χ4n) is 4.88. The van der Waals surface area contributed by atoms with Crippen molar-refractivity contribution in [3.8, 4) is 11.5 Å². The van der Waals surface area contributed by atoms with Gasteiger partial charge in [-0.1, -0.05) is 61.9 Å². The van der Waals surface area contributed by atoms with Gasteiger partial charge in [0.25, 0.3) is 10.0 Å². The van der Waals surface area contributed by atoms with Gasteiger partial charge in [0.1, 0.15) is 23.6 Å². The normalized spacial score (nSPS) is 16.2. The fraction of sp³-hybridized carbons (Fsp3) is 0.367. The molecule has 1 heterocycles. The van der Waals surface area contributed by atoms with E-state index >= 15 is 0 Å². The molecule has 1 aliphatic heterocycles. The maximum Gasteiger partial charge on any atom is 0.264 e. The number of rotatable bonds is 10. The van der Waals surface area contributed by atoms with Crippen LogP contribution in [0.15, 0.2) is 77.7 Å². The van der Waals surface area contributed by atoms with Crippen molar-refractivity contribution in [3.63, 3.8) is 0 Å². The zero-order valence-electron chi connectivity index (χ0n) is 22.4. The lowest BCUT2D eigenvalue weighted by atomic mass is 9.83. The predicted octanol–water partition coefficient (Wildman–Crippen LogP) is 5.79. The van der Waals surface area contributed by atoms with Gasteiger partial charge in [-0.05, 0) is 57.0 Å². The van der Waals surface area contributed by atoms with Crippen LogP contribution in [0.2, 0.25) is 0 Å². The topological polar surface area (TPSA) is 84.9 Å². The molecular formula is C30H36N2O5S. The highest BCUT2D eigenvalue weighted by atomic mass is 32.2. The largest absolute Gasteiger partial charge is 0.492 e. The van der Waals surface area contributed by atoms with Crippen LogP contribution in [-0.4, -0.2) is 33.1 Å². The molecule has 0 saturated heterocycles. The number of fused-ring (bicyclic) bond motifs is 1. The number of ether oxygens (including phenoxy) is 2. The van der Waals surface area contributed by atoms with Gasteiger partial charge in [-0.25, -0.2) is 8.42 Å². The lowest BCUT2D eigenvalue weighted by Gasteiger charge is -2.41.